The third-order valence-electron chi connectivity index (χ3n) is 4.80. The van der Waals surface area contributed by atoms with Gasteiger partial charge in [-0.15, -0.1) is 0 Å². The summed E-state index contributed by atoms with van der Waals surface area (Å²) in [6, 6.07) is 14.6. The summed E-state index contributed by atoms with van der Waals surface area (Å²) < 4.78 is 41.0. The SMILES string of the molecule is C[C@H](N)C(=O)NCc1cccc(-n2nc(C(F)(F)F)cc2C(=O)NCc2ccc(C#N)cc2)c1. The van der Waals surface area contributed by atoms with Gasteiger partial charge >= 0.3 is 6.18 Å². The molecule has 0 saturated carbocycles. The predicted octanol–water partition coefficient (Wildman–Crippen LogP) is 2.66. The molecule has 1 atom stereocenters. The highest BCUT2D eigenvalue weighted by molar-refractivity contribution is 5.93. The fourth-order valence-corrected chi connectivity index (χ4v) is 3.00. The van der Waals surface area contributed by atoms with Crippen LogP contribution in [0.2, 0.25) is 0 Å². The molecule has 176 valence electrons. The van der Waals surface area contributed by atoms with E-state index in [-0.39, 0.29) is 30.4 Å². The average molecular weight is 470 g/mol. The van der Waals surface area contributed by atoms with Crippen LogP contribution in [-0.2, 0) is 24.1 Å². The van der Waals surface area contributed by atoms with Crippen LogP contribution in [0.1, 0.15) is 39.8 Å². The molecule has 3 rings (SSSR count). The van der Waals surface area contributed by atoms with Crippen molar-refractivity contribution in [1.82, 2.24) is 20.4 Å². The summed E-state index contributed by atoms with van der Waals surface area (Å²) in [6.07, 6.45) is -4.75. The molecular formula is C23H21F3N6O2. The second-order valence-electron chi connectivity index (χ2n) is 7.49. The van der Waals surface area contributed by atoms with Crippen molar-refractivity contribution < 1.29 is 22.8 Å². The molecule has 0 aliphatic heterocycles. The Morgan fingerprint density at radius 1 is 1.09 bits per heavy atom. The fraction of sp³-hybridized carbons (Fsp3) is 0.217. The van der Waals surface area contributed by atoms with Gasteiger partial charge in [0.2, 0.25) is 5.91 Å². The first-order chi connectivity index (χ1) is 16.1. The van der Waals surface area contributed by atoms with Gasteiger partial charge in [0.05, 0.1) is 23.4 Å². The minimum atomic E-state index is -4.75. The van der Waals surface area contributed by atoms with E-state index in [0.717, 1.165) is 4.68 Å². The Kier molecular flexibility index (Phi) is 7.33. The van der Waals surface area contributed by atoms with E-state index in [1.54, 1.807) is 36.4 Å². The van der Waals surface area contributed by atoms with Crippen molar-refractivity contribution in [2.45, 2.75) is 32.2 Å². The van der Waals surface area contributed by atoms with Crippen LogP contribution >= 0.6 is 0 Å². The molecule has 0 fully saturated rings. The number of alkyl halides is 3. The van der Waals surface area contributed by atoms with Crippen LogP contribution < -0.4 is 16.4 Å². The average Bonchev–Trinajstić information content (AvgIpc) is 3.28. The molecule has 0 saturated heterocycles. The van der Waals surface area contributed by atoms with E-state index in [1.807, 2.05) is 6.07 Å². The number of halogens is 3. The number of rotatable bonds is 7. The topological polar surface area (TPSA) is 126 Å². The van der Waals surface area contributed by atoms with Crippen molar-refractivity contribution in [2.75, 3.05) is 0 Å². The predicted molar refractivity (Wildman–Crippen MR) is 116 cm³/mol. The van der Waals surface area contributed by atoms with E-state index < -0.39 is 23.8 Å². The van der Waals surface area contributed by atoms with Crippen LogP contribution in [0, 0.1) is 11.3 Å². The van der Waals surface area contributed by atoms with Crippen LogP contribution in [0.25, 0.3) is 5.69 Å². The van der Waals surface area contributed by atoms with Gasteiger partial charge in [0.1, 0.15) is 5.69 Å². The molecular weight excluding hydrogens is 449 g/mol. The molecule has 1 aromatic heterocycles. The zero-order valence-corrected chi connectivity index (χ0v) is 18.1. The molecule has 0 spiro atoms. The second kappa shape index (κ2) is 10.2. The van der Waals surface area contributed by atoms with Gasteiger partial charge in [-0.05, 0) is 42.3 Å². The van der Waals surface area contributed by atoms with Gasteiger partial charge in [-0.2, -0.15) is 23.5 Å². The molecule has 0 unspecified atom stereocenters. The van der Waals surface area contributed by atoms with E-state index in [2.05, 4.69) is 15.7 Å². The van der Waals surface area contributed by atoms with Crippen molar-refractivity contribution in [3.63, 3.8) is 0 Å². The Morgan fingerprint density at radius 2 is 1.76 bits per heavy atom. The summed E-state index contributed by atoms with van der Waals surface area (Å²) >= 11 is 0. The van der Waals surface area contributed by atoms with E-state index >= 15 is 0 Å². The Balaban J connectivity index is 1.86. The number of nitrogens with one attached hydrogen (secondary N) is 2. The summed E-state index contributed by atoms with van der Waals surface area (Å²) in [5, 5.41) is 17.7. The number of hydrogen-bond donors (Lipinski definition) is 3. The highest BCUT2D eigenvalue weighted by Gasteiger charge is 2.36. The van der Waals surface area contributed by atoms with Crippen molar-refractivity contribution in [3.8, 4) is 11.8 Å². The Bertz CT molecular complexity index is 1230. The summed E-state index contributed by atoms with van der Waals surface area (Å²) in [6.45, 7) is 1.67. The molecule has 1 heterocycles. The fourth-order valence-electron chi connectivity index (χ4n) is 3.00. The zero-order valence-electron chi connectivity index (χ0n) is 18.1. The maximum absolute atomic E-state index is 13.4. The number of nitrogens with zero attached hydrogens (tertiary/aromatic N) is 3. The largest absolute Gasteiger partial charge is 0.435 e. The van der Waals surface area contributed by atoms with Crippen molar-refractivity contribution in [1.29, 1.82) is 5.26 Å². The lowest BCUT2D eigenvalue weighted by Gasteiger charge is -2.11. The molecule has 0 radical (unpaired) electrons. The zero-order chi connectivity index (χ0) is 24.9. The van der Waals surface area contributed by atoms with E-state index in [9.17, 15) is 22.8 Å². The number of benzene rings is 2. The number of hydrogen-bond acceptors (Lipinski definition) is 5. The lowest BCUT2D eigenvalue weighted by atomic mass is 10.1. The lowest BCUT2D eigenvalue weighted by molar-refractivity contribution is -0.141. The van der Waals surface area contributed by atoms with Crippen LogP contribution in [-0.4, -0.2) is 27.6 Å². The first-order valence-electron chi connectivity index (χ1n) is 10.2. The number of carbonyl (C=O) groups excluding carboxylic acids is 2. The summed E-state index contributed by atoms with van der Waals surface area (Å²) in [5.41, 5.74) is 5.90. The number of amides is 2. The maximum atomic E-state index is 13.4. The summed E-state index contributed by atoms with van der Waals surface area (Å²) in [4.78, 5) is 24.5. The number of carbonyl (C=O) groups is 2. The van der Waals surface area contributed by atoms with Crippen LogP contribution in [0.15, 0.2) is 54.6 Å². The lowest BCUT2D eigenvalue weighted by Crippen LogP contribution is -2.37. The van der Waals surface area contributed by atoms with Crippen molar-refractivity contribution >= 4 is 11.8 Å². The number of aromatic nitrogens is 2. The summed E-state index contributed by atoms with van der Waals surface area (Å²) in [5.74, 6) is -1.14. The monoisotopic (exact) mass is 470 g/mol. The minimum Gasteiger partial charge on any atom is -0.351 e. The van der Waals surface area contributed by atoms with E-state index in [4.69, 9.17) is 11.0 Å². The first kappa shape index (κ1) is 24.5. The molecule has 34 heavy (non-hydrogen) atoms. The molecule has 2 aromatic carbocycles. The van der Waals surface area contributed by atoms with Gasteiger partial charge in [0.15, 0.2) is 5.69 Å². The van der Waals surface area contributed by atoms with Crippen LogP contribution in [0.3, 0.4) is 0 Å². The van der Waals surface area contributed by atoms with Gasteiger partial charge in [0.25, 0.3) is 5.91 Å². The molecule has 0 bridgehead atoms. The second-order valence-corrected chi connectivity index (χ2v) is 7.49. The van der Waals surface area contributed by atoms with Crippen molar-refractivity contribution in [3.05, 3.63) is 82.7 Å². The van der Waals surface area contributed by atoms with Crippen LogP contribution in [0.5, 0.6) is 0 Å². The quantitative estimate of drug-likeness (QED) is 0.490. The molecule has 3 aromatic rings. The smallest absolute Gasteiger partial charge is 0.351 e. The molecule has 8 nitrogen and oxygen atoms in total. The Morgan fingerprint density at radius 3 is 2.38 bits per heavy atom. The molecule has 11 heteroatoms. The molecule has 2 amide bonds. The third-order valence-corrected chi connectivity index (χ3v) is 4.80. The van der Waals surface area contributed by atoms with Crippen LogP contribution in [0.4, 0.5) is 13.2 Å². The van der Waals surface area contributed by atoms with E-state index in [0.29, 0.717) is 22.8 Å². The van der Waals surface area contributed by atoms with Gasteiger partial charge in [0, 0.05) is 19.2 Å². The van der Waals surface area contributed by atoms with Crippen molar-refractivity contribution in [2.24, 2.45) is 5.73 Å². The Labute approximate surface area is 193 Å². The van der Waals surface area contributed by atoms with Gasteiger partial charge in [-0.25, -0.2) is 4.68 Å². The third kappa shape index (κ3) is 5.99. The highest BCUT2D eigenvalue weighted by atomic mass is 19.4. The molecule has 0 aliphatic carbocycles. The number of nitriles is 1. The van der Waals surface area contributed by atoms with Gasteiger partial charge < -0.3 is 16.4 Å². The highest BCUT2D eigenvalue weighted by Crippen LogP contribution is 2.29. The Hall–Kier alpha value is -4.17. The van der Waals surface area contributed by atoms with Gasteiger partial charge in [-0.1, -0.05) is 24.3 Å². The standard InChI is InChI=1S/C23H21F3N6O2/c1-14(28)21(33)29-13-17-3-2-4-18(9-17)32-19(10-20(31-32)23(24,25)26)22(34)30-12-16-7-5-15(11-27)6-8-16/h2-10,14H,12-13,28H2,1H3,(H,29,33)(H,30,34)/t14-/m0/s1. The van der Waals surface area contributed by atoms with E-state index in [1.165, 1.54) is 19.1 Å². The van der Waals surface area contributed by atoms with Gasteiger partial charge in [-0.3, -0.25) is 9.59 Å². The summed E-state index contributed by atoms with van der Waals surface area (Å²) in [7, 11) is 0. The number of nitrogens with two attached hydrogens (primary N) is 1. The minimum absolute atomic E-state index is 0.0421. The molecule has 0 aliphatic rings. The normalized spacial score (nSPS) is 12.0. The maximum Gasteiger partial charge on any atom is 0.435 e. The molecule has 4 N–H and O–H groups in total. The first-order valence-corrected chi connectivity index (χ1v) is 10.2.